The number of nitrogens with one attached hydrogen (secondary N) is 2. The lowest BCUT2D eigenvalue weighted by Gasteiger charge is -2.32. The van der Waals surface area contributed by atoms with Crippen LogP contribution in [0.15, 0.2) is 9.32 Å². The Kier molecular flexibility index (Phi) is 6.56. The van der Waals surface area contributed by atoms with Gasteiger partial charge in [-0.2, -0.15) is 0 Å². The summed E-state index contributed by atoms with van der Waals surface area (Å²) in [6.45, 7) is 5.61. The third kappa shape index (κ3) is 4.68. The van der Waals surface area contributed by atoms with E-state index in [4.69, 9.17) is 19.5 Å². The van der Waals surface area contributed by atoms with Crippen molar-refractivity contribution < 1.29 is 4.52 Å². The van der Waals surface area contributed by atoms with E-state index in [0.29, 0.717) is 35.3 Å². The molecule has 9 heteroatoms. The Labute approximate surface area is 211 Å². The van der Waals surface area contributed by atoms with Crippen molar-refractivity contribution in [1.29, 1.82) is 0 Å². The van der Waals surface area contributed by atoms with Gasteiger partial charge in [-0.15, -0.1) is 0 Å². The molecular formula is C27H39N7O2. The maximum absolute atomic E-state index is 11.7. The minimum absolute atomic E-state index is 0.247. The van der Waals surface area contributed by atoms with Gasteiger partial charge in [0.05, 0.1) is 0 Å². The summed E-state index contributed by atoms with van der Waals surface area (Å²) in [6.07, 6.45) is 15.1. The van der Waals surface area contributed by atoms with Gasteiger partial charge in [-0.25, -0.2) is 19.7 Å². The molecule has 3 aliphatic carbocycles. The normalized spacial score (nSPS) is 24.6. The van der Waals surface area contributed by atoms with E-state index in [1.165, 1.54) is 82.9 Å². The van der Waals surface area contributed by atoms with Crippen molar-refractivity contribution in [1.82, 2.24) is 29.7 Å². The Morgan fingerprint density at radius 1 is 1.00 bits per heavy atom. The molecule has 3 aromatic rings. The second-order valence-corrected chi connectivity index (χ2v) is 11.7. The van der Waals surface area contributed by atoms with E-state index < -0.39 is 5.76 Å². The second kappa shape index (κ2) is 9.98. The molecule has 0 unspecified atom stereocenters. The van der Waals surface area contributed by atoms with E-state index >= 15 is 0 Å². The van der Waals surface area contributed by atoms with Crippen molar-refractivity contribution in [2.45, 2.75) is 109 Å². The fourth-order valence-electron chi connectivity index (χ4n) is 6.49. The van der Waals surface area contributed by atoms with Gasteiger partial charge in [-0.05, 0) is 63.2 Å². The van der Waals surface area contributed by atoms with E-state index in [0.717, 1.165) is 23.8 Å². The summed E-state index contributed by atoms with van der Waals surface area (Å²) < 4.78 is 7.23. The Bertz CT molecular complexity index is 1240. The van der Waals surface area contributed by atoms with Gasteiger partial charge in [-0.1, -0.05) is 50.6 Å². The predicted octanol–water partition coefficient (Wildman–Crippen LogP) is 5.64. The van der Waals surface area contributed by atoms with Crippen LogP contribution in [-0.4, -0.2) is 35.7 Å². The van der Waals surface area contributed by atoms with Gasteiger partial charge in [0.25, 0.3) is 0 Å². The highest BCUT2D eigenvalue weighted by Crippen LogP contribution is 2.39. The van der Waals surface area contributed by atoms with Crippen molar-refractivity contribution in [3.8, 4) is 11.6 Å². The Morgan fingerprint density at radius 2 is 1.78 bits per heavy atom. The highest BCUT2D eigenvalue weighted by Gasteiger charge is 2.30. The lowest BCUT2D eigenvalue weighted by Crippen LogP contribution is -2.31. The zero-order valence-electron chi connectivity index (χ0n) is 21.6. The fraction of sp³-hybridized carbons (Fsp3) is 0.741. The summed E-state index contributed by atoms with van der Waals surface area (Å²) in [6, 6.07) is 0.304. The zero-order valence-corrected chi connectivity index (χ0v) is 21.6. The predicted molar refractivity (Wildman–Crippen MR) is 139 cm³/mol. The molecule has 0 aromatic carbocycles. The third-order valence-electron chi connectivity index (χ3n) is 9.05. The smallest absolute Gasteiger partial charge is 0.365 e. The van der Waals surface area contributed by atoms with Crippen molar-refractivity contribution in [3.63, 3.8) is 0 Å². The van der Waals surface area contributed by atoms with E-state index in [1.807, 2.05) is 0 Å². The topological polar surface area (TPSA) is 115 Å². The number of hydrogen-bond donors (Lipinski definition) is 2. The van der Waals surface area contributed by atoms with Gasteiger partial charge >= 0.3 is 5.76 Å². The van der Waals surface area contributed by atoms with Gasteiger partial charge in [0.1, 0.15) is 11.3 Å². The van der Waals surface area contributed by atoms with Gasteiger partial charge < -0.3 is 9.88 Å². The minimum atomic E-state index is -0.606. The molecule has 3 aliphatic rings. The van der Waals surface area contributed by atoms with Gasteiger partial charge in [-0.3, -0.25) is 9.51 Å². The molecule has 0 radical (unpaired) electrons. The zero-order chi connectivity index (χ0) is 24.6. The first-order valence-corrected chi connectivity index (χ1v) is 14.2. The quantitative estimate of drug-likeness (QED) is 0.437. The number of fused-ring (bicyclic) bond motifs is 1. The highest BCUT2D eigenvalue weighted by atomic mass is 16.5. The summed E-state index contributed by atoms with van der Waals surface area (Å²) in [7, 11) is 0. The van der Waals surface area contributed by atoms with Crippen LogP contribution in [0.25, 0.3) is 22.8 Å². The molecule has 2 N–H and O–H groups in total. The minimum Gasteiger partial charge on any atom is -0.365 e. The molecule has 0 saturated heterocycles. The monoisotopic (exact) mass is 493 g/mol. The van der Waals surface area contributed by atoms with Crippen molar-refractivity contribution in [2.75, 3.05) is 5.32 Å². The third-order valence-corrected chi connectivity index (χ3v) is 9.05. The van der Waals surface area contributed by atoms with Crippen LogP contribution in [0.1, 0.15) is 103 Å². The SMILES string of the molecule is C[C@@H](Nc1nc(-c2noc(=O)[nH]2)nc2nc(C3CCCCC3)n(C[C@H]3CC[C@H](C)CC3)c12)C1CCC1. The van der Waals surface area contributed by atoms with Crippen LogP contribution in [0.4, 0.5) is 5.82 Å². The Balaban J connectivity index is 1.46. The van der Waals surface area contributed by atoms with Gasteiger partial charge in [0, 0.05) is 18.5 Å². The highest BCUT2D eigenvalue weighted by molar-refractivity contribution is 5.85. The molecule has 3 heterocycles. The number of aromatic amines is 1. The molecule has 36 heavy (non-hydrogen) atoms. The van der Waals surface area contributed by atoms with E-state index in [2.05, 4.69) is 33.9 Å². The largest absolute Gasteiger partial charge is 0.439 e. The molecule has 0 aliphatic heterocycles. The van der Waals surface area contributed by atoms with E-state index in [9.17, 15) is 4.79 Å². The summed E-state index contributed by atoms with van der Waals surface area (Å²) >= 11 is 0. The number of aromatic nitrogens is 6. The summed E-state index contributed by atoms with van der Waals surface area (Å²) in [5, 5.41) is 7.61. The summed E-state index contributed by atoms with van der Waals surface area (Å²) in [5.41, 5.74) is 1.70. The Hall–Kier alpha value is -2.71. The second-order valence-electron chi connectivity index (χ2n) is 11.7. The first kappa shape index (κ1) is 23.7. The maximum atomic E-state index is 11.7. The molecule has 0 spiro atoms. The molecule has 3 aromatic heterocycles. The molecule has 1 atom stereocenters. The molecular weight excluding hydrogens is 454 g/mol. The van der Waals surface area contributed by atoms with Crippen LogP contribution in [0.5, 0.6) is 0 Å². The molecule has 6 rings (SSSR count). The first-order chi connectivity index (χ1) is 17.5. The molecule has 3 fully saturated rings. The number of imidazole rings is 1. The van der Waals surface area contributed by atoms with Crippen molar-refractivity contribution in [3.05, 3.63) is 16.4 Å². The van der Waals surface area contributed by atoms with Crippen LogP contribution in [0.3, 0.4) is 0 Å². The molecule has 9 nitrogen and oxygen atoms in total. The number of H-pyrrole nitrogens is 1. The molecule has 0 amide bonds. The van der Waals surface area contributed by atoms with Crippen LogP contribution in [-0.2, 0) is 6.54 Å². The standard InChI is InChI=1S/C27H39N7O2/c1-16-11-13-18(14-12-16)15-34-21-22(28-17(2)19-9-6-10-19)29-24(25-32-27(35)36-33-25)30-23(21)31-26(34)20-7-4-3-5-8-20/h16-20H,3-15H2,1-2H3,(H,28,29,30)(H,32,33,35)/t16-,17-,18-/m1/s1. The van der Waals surface area contributed by atoms with Crippen LogP contribution >= 0.6 is 0 Å². The summed E-state index contributed by atoms with van der Waals surface area (Å²) in [4.78, 5) is 29.2. The lowest BCUT2D eigenvalue weighted by atomic mass is 9.80. The van der Waals surface area contributed by atoms with Crippen LogP contribution in [0.2, 0.25) is 0 Å². The maximum Gasteiger partial charge on any atom is 0.439 e. The van der Waals surface area contributed by atoms with Crippen LogP contribution < -0.4 is 11.1 Å². The fourth-order valence-corrected chi connectivity index (χ4v) is 6.49. The average Bonchev–Trinajstić information content (AvgIpc) is 3.44. The van der Waals surface area contributed by atoms with Crippen LogP contribution in [0, 0.1) is 17.8 Å². The summed E-state index contributed by atoms with van der Waals surface area (Å²) in [5.74, 6) is 4.56. The van der Waals surface area contributed by atoms with Gasteiger partial charge in [0.2, 0.25) is 11.6 Å². The number of rotatable bonds is 7. The number of hydrogen-bond acceptors (Lipinski definition) is 7. The Morgan fingerprint density at radius 3 is 2.44 bits per heavy atom. The average molecular weight is 494 g/mol. The first-order valence-electron chi connectivity index (χ1n) is 14.2. The molecule has 0 bridgehead atoms. The van der Waals surface area contributed by atoms with Crippen molar-refractivity contribution in [2.24, 2.45) is 17.8 Å². The van der Waals surface area contributed by atoms with Crippen molar-refractivity contribution >= 4 is 17.0 Å². The van der Waals surface area contributed by atoms with Gasteiger partial charge in [0.15, 0.2) is 11.5 Å². The van der Waals surface area contributed by atoms with E-state index in [1.54, 1.807) is 0 Å². The molecule has 3 saturated carbocycles. The lowest BCUT2D eigenvalue weighted by molar-refractivity contribution is 0.262. The number of anilines is 1. The van der Waals surface area contributed by atoms with E-state index in [-0.39, 0.29) is 5.82 Å². The molecule has 194 valence electrons. The number of nitrogens with zero attached hydrogens (tertiary/aromatic N) is 5.